The zero-order chi connectivity index (χ0) is 25.5. The molecule has 4 rings (SSSR count). The van der Waals surface area contributed by atoms with Gasteiger partial charge in [-0.1, -0.05) is 38.1 Å². The fourth-order valence-electron chi connectivity index (χ4n) is 5.66. The van der Waals surface area contributed by atoms with Gasteiger partial charge in [-0.15, -0.1) is 0 Å². The predicted molar refractivity (Wildman–Crippen MR) is 129 cm³/mol. The second-order valence-corrected chi connectivity index (χ2v) is 10.5. The minimum absolute atomic E-state index is 0.0227. The number of nitrogens with one attached hydrogen (secondary N) is 3. The molecule has 7 N–H and O–H groups in total. The molecule has 1 unspecified atom stereocenters. The van der Waals surface area contributed by atoms with E-state index in [-0.39, 0.29) is 13.0 Å². The van der Waals surface area contributed by atoms with E-state index in [2.05, 4.69) is 41.9 Å². The highest BCUT2D eigenvalue weighted by molar-refractivity contribution is 5.24. The van der Waals surface area contributed by atoms with Gasteiger partial charge >= 0.3 is 0 Å². The second-order valence-electron chi connectivity index (χ2n) is 10.5. The van der Waals surface area contributed by atoms with Gasteiger partial charge in [-0.05, 0) is 38.1 Å². The van der Waals surface area contributed by atoms with Crippen LogP contribution in [0.5, 0.6) is 0 Å². The van der Waals surface area contributed by atoms with Crippen molar-refractivity contribution >= 4 is 0 Å². The SMILES string of the molecule is CN[C@@H]1[C@H](O)[C@H](NC)[C@H]2O[C@]3(O)[C@H](OC2[C@H]1O)O[C@H](C)C[C@@]3(O)CNCc1ccc(C(C)C)cc1. The summed E-state index contributed by atoms with van der Waals surface area (Å²) in [6.45, 7) is 6.59. The molecule has 198 valence electrons. The Morgan fingerprint density at radius 2 is 1.63 bits per heavy atom. The maximum Gasteiger partial charge on any atom is 0.249 e. The Bertz CT molecular complexity index is 858. The van der Waals surface area contributed by atoms with E-state index in [1.54, 1.807) is 21.0 Å². The van der Waals surface area contributed by atoms with E-state index in [9.17, 15) is 20.4 Å². The van der Waals surface area contributed by atoms with Crippen molar-refractivity contribution in [2.45, 2.75) is 99.9 Å². The van der Waals surface area contributed by atoms with Gasteiger partial charge in [0, 0.05) is 19.5 Å². The number of rotatable bonds is 7. The van der Waals surface area contributed by atoms with Crippen LogP contribution < -0.4 is 16.0 Å². The summed E-state index contributed by atoms with van der Waals surface area (Å²) in [6, 6.07) is 6.92. The van der Waals surface area contributed by atoms with Gasteiger partial charge in [0.15, 0.2) is 0 Å². The molecule has 1 aromatic carbocycles. The Balaban J connectivity index is 1.53. The minimum Gasteiger partial charge on any atom is -0.390 e. The Labute approximate surface area is 207 Å². The first-order chi connectivity index (χ1) is 16.5. The summed E-state index contributed by atoms with van der Waals surface area (Å²) in [6.07, 6.45) is -5.59. The highest BCUT2D eigenvalue weighted by Gasteiger charge is 2.68. The lowest BCUT2D eigenvalue weighted by molar-refractivity contribution is -0.482. The third-order valence-corrected chi connectivity index (χ3v) is 7.74. The van der Waals surface area contributed by atoms with Crippen LogP contribution in [0.2, 0.25) is 0 Å². The molecular weight excluding hydrogens is 454 g/mol. The third kappa shape index (κ3) is 4.77. The fraction of sp³-hybridized carbons (Fsp3) is 0.760. The zero-order valence-corrected chi connectivity index (χ0v) is 21.1. The lowest BCUT2D eigenvalue weighted by Crippen LogP contribution is -2.81. The van der Waals surface area contributed by atoms with Gasteiger partial charge in [-0.3, -0.25) is 0 Å². The van der Waals surface area contributed by atoms with Crippen LogP contribution in [-0.2, 0) is 20.8 Å². The van der Waals surface area contributed by atoms with Crippen molar-refractivity contribution in [1.29, 1.82) is 0 Å². The minimum atomic E-state index is -2.21. The Morgan fingerprint density at radius 1 is 0.971 bits per heavy atom. The predicted octanol–water partition coefficient (Wildman–Crippen LogP) is -0.850. The summed E-state index contributed by atoms with van der Waals surface area (Å²) in [7, 11) is 3.30. The summed E-state index contributed by atoms with van der Waals surface area (Å²) in [5.41, 5.74) is 0.558. The number of hydrogen-bond acceptors (Lipinski definition) is 10. The molecule has 0 amide bonds. The van der Waals surface area contributed by atoms with Gasteiger partial charge in [0.25, 0.3) is 0 Å². The van der Waals surface area contributed by atoms with Crippen molar-refractivity contribution in [1.82, 2.24) is 16.0 Å². The topological polar surface area (TPSA) is 145 Å². The first-order valence-electron chi connectivity index (χ1n) is 12.5. The molecule has 3 fully saturated rings. The molecule has 2 heterocycles. The standard InChI is InChI=1S/C25H41N3O7/c1-13(2)16-8-6-15(7-9-16)11-28-12-24(31)10-14(3)33-23-25(24,32)35-21-18(27-5)19(29)17(26-4)20(30)22(21)34-23/h6-9,13-14,17-23,26-32H,10-12H2,1-5H3/t14-,17-,18+,19+,20+,21-,22?,23+,24-,25-/m1/s1. The van der Waals surface area contributed by atoms with Crippen LogP contribution in [0, 0.1) is 0 Å². The lowest BCUT2D eigenvalue weighted by atomic mass is 9.77. The summed E-state index contributed by atoms with van der Waals surface area (Å²) in [5, 5.41) is 54.3. The fourth-order valence-corrected chi connectivity index (χ4v) is 5.66. The van der Waals surface area contributed by atoms with Gasteiger partial charge in [0.2, 0.25) is 12.1 Å². The van der Waals surface area contributed by atoms with E-state index in [1.807, 2.05) is 12.1 Å². The van der Waals surface area contributed by atoms with Crippen LogP contribution in [0.4, 0.5) is 0 Å². The summed E-state index contributed by atoms with van der Waals surface area (Å²) >= 11 is 0. The number of aliphatic hydroxyl groups is 4. The maximum absolute atomic E-state index is 11.7. The van der Waals surface area contributed by atoms with Crippen molar-refractivity contribution in [2.75, 3.05) is 20.6 Å². The molecule has 10 nitrogen and oxygen atoms in total. The van der Waals surface area contributed by atoms with Gasteiger partial charge in [0.05, 0.1) is 24.3 Å². The molecule has 2 saturated heterocycles. The van der Waals surface area contributed by atoms with Crippen LogP contribution in [0.1, 0.15) is 44.2 Å². The molecule has 0 bridgehead atoms. The Morgan fingerprint density at radius 3 is 2.23 bits per heavy atom. The van der Waals surface area contributed by atoms with Gasteiger partial charge < -0.3 is 50.6 Å². The van der Waals surface area contributed by atoms with Crippen molar-refractivity contribution in [2.24, 2.45) is 0 Å². The molecule has 35 heavy (non-hydrogen) atoms. The lowest BCUT2D eigenvalue weighted by Gasteiger charge is -2.60. The van der Waals surface area contributed by atoms with E-state index in [1.165, 1.54) is 5.56 Å². The first-order valence-corrected chi connectivity index (χ1v) is 12.5. The van der Waals surface area contributed by atoms with Crippen molar-refractivity contribution in [3.63, 3.8) is 0 Å². The number of benzene rings is 1. The Kier molecular flexibility index (Phi) is 7.90. The molecule has 0 spiro atoms. The van der Waals surface area contributed by atoms with Crippen molar-refractivity contribution in [3.8, 4) is 0 Å². The molecule has 2 aliphatic heterocycles. The molecule has 1 saturated carbocycles. The summed E-state index contributed by atoms with van der Waals surface area (Å²) < 4.78 is 18.0. The van der Waals surface area contributed by atoms with Crippen LogP contribution >= 0.6 is 0 Å². The van der Waals surface area contributed by atoms with Crippen LogP contribution in [0.25, 0.3) is 0 Å². The van der Waals surface area contributed by atoms with E-state index in [0.29, 0.717) is 12.5 Å². The van der Waals surface area contributed by atoms with E-state index in [4.69, 9.17) is 14.2 Å². The first kappa shape index (κ1) is 26.9. The summed E-state index contributed by atoms with van der Waals surface area (Å²) in [4.78, 5) is 0. The molecule has 10 heteroatoms. The third-order valence-electron chi connectivity index (χ3n) is 7.74. The van der Waals surface area contributed by atoms with Crippen LogP contribution in [0.15, 0.2) is 24.3 Å². The number of likely N-dealkylation sites (N-methyl/N-ethyl adjacent to an activating group) is 2. The van der Waals surface area contributed by atoms with Crippen molar-refractivity contribution in [3.05, 3.63) is 35.4 Å². The van der Waals surface area contributed by atoms with E-state index in [0.717, 1.165) is 5.56 Å². The second kappa shape index (κ2) is 10.3. The average Bonchev–Trinajstić information content (AvgIpc) is 2.80. The molecule has 10 atom stereocenters. The molecule has 1 aromatic rings. The number of aliphatic hydroxyl groups excluding tert-OH is 2. The van der Waals surface area contributed by atoms with Crippen LogP contribution in [0.3, 0.4) is 0 Å². The number of fused-ring (bicyclic) bond motifs is 2. The van der Waals surface area contributed by atoms with Crippen molar-refractivity contribution < 1.29 is 34.6 Å². The smallest absolute Gasteiger partial charge is 0.249 e. The van der Waals surface area contributed by atoms with Gasteiger partial charge in [0.1, 0.15) is 23.9 Å². The molecule has 0 radical (unpaired) electrons. The monoisotopic (exact) mass is 495 g/mol. The molecular formula is C25H41N3O7. The molecule has 3 aliphatic rings. The van der Waals surface area contributed by atoms with E-state index >= 15 is 0 Å². The zero-order valence-electron chi connectivity index (χ0n) is 21.1. The van der Waals surface area contributed by atoms with Gasteiger partial charge in [-0.25, -0.2) is 0 Å². The quantitative estimate of drug-likeness (QED) is 0.255. The highest BCUT2D eigenvalue weighted by Crippen LogP contribution is 2.46. The number of ether oxygens (including phenoxy) is 3. The Hall–Kier alpha value is -1.18. The van der Waals surface area contributed by atoms with Crippen LogP contribution in [-0.4, -0.2) is 101 Å². The van der Waals surface area contributed by atoms with Gasteiger partial charge in [-0.2, -0.15) is 0 Å². The largest absolute Gasteiger partial charge is 0.390 e. The normalized spacial score (nSPS) is 43.6. The molecule has 0 aromatic heterocycles. The van der Waals surface area contributed by atoms with E-state index < -0.39 is 60.3 Å². The number of hydrogen-bond donors (Lipinski definition) is 7. The highest BCUT2D eigenvalue weighted by atomic mass is 16.8. The average molecular weight is 496 g/mol. The molecule has 1 aliphatic carbocycles. The summed E-state index contributed by atoms with van der Waals surface area (Å²) in [5.74, 6) is -1.77. The maximum atomic E-state index is 11.7.